The normalized spacial score (nSPS) is 18.1. The van der Waals surface area contributed by atoms with E-state index < -0.39 is 5.82 Å². The Kier molecular flexibility index (Phi) is 5.13. The molecule has 1 atom stereocenters. The maximum atomic E-state index is 14.1. The van der Waals surface area contributed by atoms with Gasteiger partial charge in [0.25, 0.3) is 0 Å². The van der Waals surface area contributed by atoms with E-state index in [1.165, 1.54) is 18.9 Å². The molecule has 4 heteroatoms. The Morgan fingerprint density at radius 3 is 2.70 bits per heavy atom. The first-order valence-corrected chi connectivity index (χ1v) is 8.08. The molecule has 0 amide bonds. The van der Waals surface area contributed by atoms with Crippen molar-refractivity contribution in [3.63, 3.8) is 0 Å². The summed E-state index contributed by atoms with van der Waals surface area (Å²) in [6.45, 7) is 1.70. The highest BCUT2D eigenvalue weighted by molar-refractivity contribution is 5.43. The van der Waals surface area contributed by atoms with Crippen LogP contribution < -0.4 is 9.47 Å². The smallest absolute Gasteiger partial charge is 0.204 e. The summed E-state index contributed by atoms with van der Waals surface area (Å²) >= 11 is 0. The average Bonchev–Trinajstić information content (AvgIpc) is 2.97. The second kappa shape index (κ2) is 7.47. The molecule has 1 fully saturated rings. The molecule has 0 bridgehead atoms. The molecule has 0 N–H and O–H groups in total. The van der Waals surface area contributed by atoms with Gasteiger partial charge in [0.2, 0.25) is 5.75 Å². The third kappa shape index (κ3) is 4.02. The van der Waals surface area contributed by atoms with Gasteiger partial charge < -0.3 is 14.4 Å². The zero-order chi connectivity index (χ0) is 16.1. The molecule has 2 aromatic rings. The monoisotopic (exact) mass is 315 g/mol. The van der Waals surface area contributed by atoms with Crippen molar-refractivity contribution in [1.82, 2.24) is 4.90 Å². The molecular weight excluding hydrogens is 293 g/mol. The van der Waals surface area contributed by atoms with Crippen LogP contribution in [0.15, 0.2) is 48.5 Å². The topological polar surface area (TPSA) is 21.7 Å². The van der Waals surface area contributed by atoms with Crippen LogP contribution in [0, 0.1) is 5.82 Å². The van der Waals surface area contributed by atoms with Crippen molar-refractivity contribution in [3.05, 3.63) is 54.3 Å². The van der Waals surface area contributed by atoms with Crippen LogP contribution in [-0.4, -0.2) is 31.1 Å². The first-order chi connectivity index (χ1) is 11.2. The molecule has 3 rings (SSSR count). The van der Waals surface area contributed by atoms with Crippen LogP contribution in [0.4, 0.5) is 4.39 Å². The molecule has 0 saturated carbocycles. The SMILES string of the molecule is CN1CCCC1CCOc1cccc(F)c1Oc1ccccc1. The number of ether oxygens (including phenoxy) is 2. The Morgan fingerprint density at radius 1 is 1.13 bits per heavy atom. The summed E-state index contributed by atoms with van der Waals surface area (Å²) in [6, 6.07) is 14.5. The molecule has 122 valence electrons. The summed E-state index contributed by atoms with van der Waals surface area (Å²) in [5, 5.41) is 0. The molecule has 1 saturated heterocycles. The van der Waals surface area contributed by atoms with Crippen molar-refractivity contribution in [1.29, 1.82) is 0 Å². The maximum absolute atomic E-state index is 14.1. The zero-order valence-electron chi connectivity index (χ0n) is 13.4. The van der Waals surface area contributed by atoms with Crippen molar-refractivity contribution in [2.75, 3.05) is 20.2 Å². The molecule has 23 heavy (non-hydrogen) atoms. The Labute approximate surface area is 136 Å². The van der Waals surface area contributed by atoms with Crippen LogP contribution in [0.5, 0.6) is 17.2 Å². The highest BCUT2D eigenvalue weighted by Gasteiger charge is 2.21. The van der Waals surface area contributed by atoms with Gasteiger partial charge in [-0.05, 0) is 57.1 Å². The van der Waals surface area contributed by atoms with E-state index >= 15 is 0 Å². The van der Waals surface area contributed by atoms with Gasteiger partial charge >= 0.3 is 0 Å². The maximum Gasteiger partial charge on any atom is 0.204 e. The zero-order valence-corrected chi connectivity index (χ0v) is 13.4. The molecule has 1 unspecified atom stereocenters. The van der Waals surface area contributed by atoms with Crippen molar-refractivity contribution >= 4 is 0 Å². The summed E-state index contributed by atoms with van der Waals surface area (Å²) in [5.74, 6) is 0.787. The Hall–Kier alpha value is -2.07. The number of benzene rings is 2. The summed E-state index contributed by atoms with van der Waals surface area (Å²) in [5.41, 5.74) is 0. The summed E-state index contributed by atoms with van der Waals surface area (Å²) in [4.78, 5) is 2.36. The number of likely N-dealkylation sites (tertiary alicyclic amines) is 1. The van der Waals surface area contributed by atoms with E-state index in [2.05, 4.69) is 11.9 Å². The standard InChI is InChI=1S/C19H22FNO2/c1-21-13-6-7-15(21)12-14-22-18-11-5-10-17(20)19(18)23-16-8-3-2-4-9-16/h2-5,8-11,15H,6-7,12-14H2,1H3. The van der Waals surface area contributed by atoms with Crippen LogP contribution >= 0.6 is 0 Å². The number of halogens is 1. The van der Waals surface area contributed by atoms with Crippen molar-refractivity contribution < 1.29 is 13.9 Å². The predicted molar refractivity (Wildman–Crippen MR) is 88.7 cm³/mol. The fraction of sp³-hybridized carbons (Fsp3) is 0.368. The van der Waals surface area contributed by atoms with E-state index in [9.17, 15) is 4.39 Å². The van der Waals surface area contributed by atoms with Gasteiger partial charge in [-0.3, -0.25) is 0 Å². The molecule has 0 radical (unpaired) electrons. The highest BCUT2D eigenvalue weighted by Crippen LogP contribution is 2.34. The third-order valence-corrected chi connectivity index (χ3v) is 4.27. The first-order valence-electron chi connectivity index (χ1n) is 8.08. The van der Waals surface area contributed by atoms with E-state index in [4.69, 9.17) is 9.47 Å². The molecular formula is C19H22FNO2. The van der Waals surface area contributed by atoms with Crippen LogP contribution in [-0.2, 0) is 0 Å². The second-order valence-corrected chi connectivity index (χ2v) is 5.90. The van der Waals surface area contributed by atoms with E-state index in [0.717, 1.165) is 13.0 Å². The predicted octanol–water partition coefficient (Wildman–Crippen LogP) is 4.48. The molecule has 2 aromatic carbocycles. The van der Waals surface area contributed by atoms with Crippen molar-refractivity contribution in [2.24, 2.45) is 0 Å². The minimum absolute atomic E-state index is 0.151. The lowest BCUT2D eigenvalue weighted by Crippen LogP contribution is -2.26. The number of nitrogens with zero attached hydrogens (tertiary/aromatic N) is 1. The Bertz CT molecular complexity index is 633. The molecule has 0 spiro atoms. The van der Waals surface area contributed by atoms with E-state index in [0.29, 0.717) is 24.1 Å². The number of para-hydroxylation sites is 2. The summed E-state index contributed by atoms with van der Waals surface area (Å²) in [6.07, 6.45) is 3.39. The molecule has 3 nitrogen and oxygen atoms in total. The van der Waals surface area contributed by atoms with Gasteiger partial charge in [-0.1, -0.05) is 24.3 Å². The van der Waals surface area contributed by atoms with Crippen molar-refractivity contribution in [2.45, 2.75) is 25.3 Å². The van der Waals surface area contributed by atoms with Crippen LogP contribution in [0.3, 0.4) is 0 Å². The fourth-order valence-electron chi connectivity index (χ4n) is 2.96. The lowest BCUT2D eigenvalue weighted by atomic mass is 10.1. The summed E-state index contributed by atoms with van der Waals surface area (Å²) < 4.78 is 25.6. The molecule has 1 aliphatic heterocycles. The van der Waals surface area contributed by atoms with Gasteiger partial charge in [-0.15, -0.1) is 0 Å². The fourth-order valence-corrected chi connectivity index (χ4v) is 2.96. The molecule has 0 aliphatic carbocycles. The third-order valence-electron chi connectivity index (χ3n) is 4.27. The second-order valence-electron chi connectivity index (χ2n) is 5.90. The van der Waals surface area contributed by atoms with Crippen LogP contribution in [0.1, 0.15) is 19.3 Å². The van der Waals surface area contributed by atoms with Gasteiger partial charge in [0.15, 0.2) is 11.6 Å². The quantitative estimate of drug-likeness (QED) is 0.784. The van der Waals surface area contributed by atoms with Crippen LogP contribution in [0.2, 0.25) is 0 Å². The van der Waals surface area contributed by atoms with E-state index in [-0.39, 0.29) is 5.75 Å². The minimum Gasteiger partial charge on any atom is -0.489 e. The first kappa shape index (κ1) is 15.8. The van der Waals surface area contributed by atoms with Gasteiger partial charge in [-0.2, -0.15) is 0 Å². The Morgan fingerprint density at radius 2 is 1.96 bits per heavy atom. The van der Waals surface area contributed by atoms with Crippen LogP contribution in [0.25, 0.3) is 0 Å². The molecule has 0 aromatic heterocycles. The number of hydrogen-bond acceptors (Lipinski definition) is 3. The summed E-state index contributed by atoms with van der Waals surface area (Å²) in [7, 11) is 2.14. The molecule has 1 heterocycles. The van der Waals surface area contributed by atoms with Gasteiger partial charge in [0.05, 0.1) is 6.61 Å². The highest BCUT2D eigenvalue weighted by atomic mass is 19.1. The van der Waals surface area contributed by atoms with Crippen molar-refractivity contribution in [3.8, 4) is 17.2 Å². The van der Waals surface area contributed by atoms with E-state index in [1.54, 1.807) is 24.3 Å². The van der Waals surface area contributed by atoms with Gasteiger partial charge in [0.1, 0.15) is 5.75 Å². The molecule has 1 aliphatic rings. The lowest BCUT2D eigenvalue weighted by molar-refractivity contribution is 0.228. The lowest BCUT2D eigenvalue weighted by Gasteiger charge is -2.20. The number of rotatable bonds is 6. The average molecular weight is 315 g/mol. The minimum atomic E-state index is -0.413. The number of hydrogen-bond donors (Lipinski definition) is 0. The largest absolute Gasteiger partial charge is 0.489 e. The van der Waals surface area contributed by atoms with Gasteiger partial charge in [-0.25, -0.2) is 4.39 Å². The Balaban J connectivity index is 1.65. The van der Waals surface area contributed by atoms with Gasteiger partial charge in [0, 0.05) is 6.04 Å². The van der Waals surface area contributed by atoms with E-state index in [1.807, 2.05) is 18.2 Å².